The Hall–Kier alpha value is -1.99. The Morgan fingerprint density at radius 2 is 1.93 bits per heavy atom. The van der Waals surface area contributed by atoms with Crippen LogP contribution in [0, 0.1) is 0 Å². The summed E-state index contributed by atoms with van der Waals surface area (Å²) in [4.78, 5) is 25.4. The van der Waals surface area contributed by atoms with Crippen molar-refractivity contribution in [2.45, 2.75) is 42.9 Å². The number of nitrogens with two attached hydrogens (primary N) is 1. The average Bonchev–Trinajstić information content (AvgIpc) is 3.11. The van der Waals surface area contributed by atoms with Crippen LogP contribution in [0.2, 0.25) is 0 Å². The van der Waals surface area contributed by atoms with Crippen molar-refractivity contribution in [3.05, 3.63) is 40.8 Å². The maximum atomic E-state index is 12.4. The summed E-state index contributed by atoms with van der Waals surface area (Å²) in [6, 6.07) is 7.55. The number of amides is 2. The maximum Gasteiger partial charge on any atom is 0.251 e. The molecule has 7 heteroatoms. The molecule has 1 aromatic heterocycles. The molecule has 1 aliphatic carbocycles. The van der Waals surface area contributed by atoms with Gasteiger partial charge in [-0.25, -0.2) is 0 Å². The number of hydrogen-bond acceptors (Lipinski definition) is 5. The van der Waals surface area contributed by atoms with Gasteiger partial charge in [-0.3, -0.25) is 9.59 Å². The summed E-state index contributed by atoms with van der Waals surface area (Å²) in [5.74, 6) is 0.812. The third kappa shape index (κ3) is 5.05. The number of rotatable bonds is 7. The monoisotopic (exact) mass is 404 g/mol. The highest BCUT2D eigenvalue weighted by molar-refractivity contribution is 8.00. The van der Waals surface area contributed by atoms with Gasteiger partial charge in [0.2, 0.25) is 5.91 Å². The van der Waals surface area contributed by atoms with Gasteiger partial charge in [0.25, 0.3) is 5.91 Å². The summed E-state index contributed by atoms with van der Waals surface area (Å²) < 4.78 is 5.13. The van der Waals surface area contributed by atoms with Crippen molar-refractivity contribution in [2.75, 3.05) is 18.2 Å². The van der Waals surface area contributed by atoms with Crippen molar-refractivity contribution in [3.63, 3.8) is 0 Å². The van der Waals surface area contributed by atoms with Crippen LogP contribution in [0.25, 0.3) is 0 Å². The van der Waals surface area contributed by atoms with E-state index in [2.05, 4.69) is 5.32 Å². The molecule has 2 amide bonds. The lowest BCUT2D eigenvalue weighted by Gasteiger charge is -2.21. The summed E-state index contributed by atoms with van der Waals surface area (Å²) >= 11 is 2.83. The second kappa shape index (κ2) is 9.28. The first-order chi connectivity index (χ1) is 13.1. The van der Waals surface area contributed by atoms with Gasteiger partial charge in [0.1, 0.15) is 10.8 Å². The normalized spacial score (nSPS) is 14.7. The average molecular weight is 405 g/mol. The highest BCUT2D eigenvalue weighted by Gasteiger charge is 2.25. The first-order valence-corrected chi connectivity index (χ1v) is 10.9. The molecule has 1 saturated carbocycles. The molecule has 3 N–H and O–H groups in total. The standard InChI is InChI=1S/C20H24N2O3S2/c1-25-14-7-9-15(10-8-14)26-12-17(23)22-20-18(19(21)24)16(11-27-20)13-5-3-2-4-6-13/h7-11,13H,2-6,12H2,1H3,(H2,21,24)(H,22,23). The zero-order chi connectivity index (χ0) is 19.2. The molecule has 1 fully saturated rings. The van der Waals surface area contributed by atoms with E-state index >= 15 is 0 Å². The number of benzene rings is 1. The molecule has 0 bridgehead atoms. The van der Waals surface area contributed by atoms with E-state index in [9.17, 15) is 9.59 Å². The van der Waals surface area contributed by atoms with E-state index in [0.29, 0.717) is 16.5 Å². The van der Waals surface area contributed by atoms with Gasteiger partial charge in [-0.1, -0.05) is 19.3 Å². The van der Waals surface area contributed by atoms with Crippen LogP contribution in [0.3, 0.4) is 0 Å². The van der Waals surface area contributed by atoms with Gasteiger partial charge in [-0.2, -0.15) is 0 Å². The third-order valence-corrected chi connectivity index (χ3v) is 6.72. The number of ether oxygens (including phenoxy) is 1. The molecular weight excluding hydrogens is 380 g/mol. The fourth-order valence-electron chi connectivity index (χ4n) is 3.41. The lowest BCUT2D eigenvalue weighted by molar-refractivity contribution is -0.113. The Morgan fingerprint density at radius 1 is 1.22 bits per heavy atom. The second-order valence-corrected chi connectivity index (χ2v) is 8.54. The minimum Gasteiger partial charge on any atom is -0.497 e. The van der Waals surface area contributed by atoms with E-state index < -0.39 is 5.91 Å². The van der Waals surface area contributed by atoms with Crippen LogP contribution in [-0.2, 0) is 4.79 Å². The number of thioether (sulfide) groups is 1. The fourth-order valence-corrected chi connectivity index (χ4v) is 5.18. The lowest BCUT2D eigenvalue weighted by Crippen LogP contribution is -2.20. The molecule has 27 heavy (non-hydrogen) atoms. The molecule has 144 valence electrons. The highest BCUT2D eigenvalue weighted by Crippen LogP contribution is 2.40. The summed E-state index contributed by atoms with van der Waals surface area (Å²) in [6.45, 7) is 0. The quantitative estimate of drug-likeness (QED) is 0.659. The van der Waals surface area contributed by atoms with Crippen LogP contribution in [-0.4, -0.2) is 24.7 Å². The number of anilines is 1. The van der Waals surface area contributed by atoms with Gasteiger partial charge >= 0.3 is 0 Å². The van der Waals surface area contributed by atoms with E-state index in [0.717, 1.165) is 29.1 Å². The number of carbonyl (C=O) groups is 2. The molecule has 1 aliphatic rings. The van der Waals surface area contributed by atoms with Crippen molar-refractivity contribution < 1.29 is 14.3 Å². The molecule has 3 rings (SSSR count). The SMILES string of the molecule is COc1ccc(SCC(=O)Nc2scc(C3CCCCC3)c2C(N)=O)cc1. The Morgan fingerprint density at radius 3 is 2.56 bits per heavy atom. The van der Waals surface area contributed by atoms with Crippen LogP contribution >= 0.6 is 23.1 Å². The Kier molecular flexibility index (Phi) is 6.79. The molecule has 0 unspecified atom stereocenters. The first-order valence-electron chi connectivity index (χ1n) is 9.06. The number of methoxy groups -OCH3 is 1. The molecule has 0 spiro atoms. The topological polar surface area (TPSA) is 81.4 Å². The Balaban J connectivity index is 1.64. The van der Waals surface area contributed by atoms with E-state index in [1.165, 1.54) is 42.4 Å². The van der Waals surface area contributed by atoms with E-state index in [4.69, 9.17) is 10.5 Å². The van der Waals surface area contributed by atoms with E-state index in [1.807, 2.05) is 29.6 Å². The van der Waals surface area contributed by atoms with Gasteiger partial charge in [-0.05, 0) is 54.0 Å². The molecular formula is C20H24N2O3S2. The van der Waals surface area contributed by atoms with Gasteiger partial charge in [-0.15, -0.1) is 23.1 Å². The van der Waals surface area contributed by atoms with Crippen LogP contribution in [0.15, 0.2) is 34.5 Å². The van der Waals surface area contributed by atoms with Crippen molar-refractivity contribution in [1.29, 1.82) is 0 Å². The number of thiophene rings is 1. The molecule has 0 aliphatic heterocycles. The van der Waals surface area contributed by atoms with Gasteiger partial charge in [0, 0.05) is 4.90 Å². The van der Waals surface area contributed by atoms with Crippen molar-refractivity contribution >= 4 is 39.9 Å². The van der Waals surface area contributed by atoms with E-state index in [-0.39, 0.29) is 11.7 Å². The second-order valence-electron chi connectivity index (χ2n) is 6.61. The van der Waals surface area contributed by atoms with Crippen molar-refractivity contribution in [1.82, 2.24) is 0 Å². The molecule has 0 atom stereocenters. The number of nitrogens with one attached hydrogen (secondary N) is 1. The maximum absolute atomic E-state index is 12.4. The molecule has 0 saturated heterocycles. The summed E-state index contributed by atoms with van der Waals surface area (Å²) in [7, 11) is 1.62. The summed E-state index contributed by atoms with van der Waals surface area (Å²) in [5.41, 5.74) is 7.13. The zero-order valence-electron chi connectivity index (χ0n) is 15.3. The predicted molar refractivity (Wildman–Crippen MR) is 111 cm³/mol. The smallest absolute Gasteiger partial charge is 0.251 e. The van der Waals surface area contributed by atoms with Crippen LogP contribution < -0.4 is 15.8 Å². The molecule has 1 heterocycles. The minimum atomic E-state index is -0.463. The molecule has 1 aromatic carbocycles. The van der Waals surface area contributed by atoms with E-state index in [1.54, 1.807) is 7.11 Å². The summed E-state index contributed by atoms with van der Waals surface area (Å²) in [5, 5.41) is 5.44. The minimum absolute atomic E-state index is 0.143. The largest absolute Gasteiger partial charge is 0.497 e. The number of hydrogen-bond donors (Lipinski definition) is 2. The molecule has 5 nitrogen and oxygen atoms in total. The Labute approximate surface area is 167 Å². The van der Waals surface area contributed by atoms with Crippen LogP contribution in [0.4, 0.5) is 5.00 Å². The lowest BCUT2D eigenvalue weighted by atomic mass is 9.83. The number of primary amides is 1. The highest BCUT2D eigenvalue weighted by atomic mass is 32.2. The fraction of sp³-hybridized carbons (Fsp3) is 0.400. The Bertz CT molecular complexity index is 796. The van der Waals surface area contributed by atoms with Gasteiger partial charge in [0.05, 0.1) is 18.4 Å². The summed E-state index contributed by atoms with van der Waals surface area (Å²) in [6.07, 6.45) is 5.77. The van der Waals surface area contributed by atoms with Crippen molar-refractivity contribution in [3.8, 4) is 5.75 Å². The van der Waals surface area contributed by atoms with Crippen LogP contribution in [0.1, 0.15) is 53.9 Å². The predicted octanol–water partition coefficient (Wildman–Crippen LogP) is 4.63. The van der Waals surface area contributed by atoms with Crippen molar-refractivity contribution in [2.24, 2.45) is 5.73 Å². The zero-order valence-corrected chi connectivity index (χ0v) is 17.0. The molecule has 0 radical (unpaired) electrons. The number of carbonyl (C=O) groups excluding carboxylic acids is 2. The van der Waals surface area contributed by atoms with Crippen LogP contribution in [0.5, 0.6) is 5.75 Å². The first kappa shape index (κ1) is 19.8. The van der Waals surface area contributed by atoms with Gasteiger partial charge in [0.15, 0.2) is 0 Å². The third-order valence-electron chi connectivity index (χ3n) is 4.79. The van der Waals surface area contributed by atoms with Gasteiger partial charge < -0.3 is 15.8 Å². The molecule has 2 aromatic rings.